The fraction of sp³-hybridized carbons (Fsp3) is 0.571. The third kappa shape index (κ3) is 4.44. The summed E-state index contributed by atoms with van der Waals surface area (Å²) in [6.07, 6.45) is -4.69. The lowest BCUT2D eigenvalue weighted by atomic mass is 9.88. The highest BCUT2D eigenvalue weighted by Gasteiger charge is 2.38. The summed E-state index contributed by atoms with van der Waals surface area (Å²) in [6.45, 7) is 5.50. The van der Waals surface area contributed by atoms with Crippen LogP contribution >= 0.6 is 0 Å². The van der Waals surface area contributed by atoms with Crippen LogP contribution in [0.5, 0.6) is 0 Å². The van der Waals surface area contributed by atoms with E-state index >= 15 is 0 Å². The Balaban J connectivity index is 3.27. The number of hydrogen-bond acceptors (Lipinski definition) is 3. The Morgan fingerprint density at radius 1 is 1.14 bits per heavy atom. The first-order valence-electron chi connectivity index (χ1n) is 6.46. The van der Waals surface area contributed by atoms with E-state index in [4.69, 9.17) is 0 Å². The van der Waals surface area contributed by atoms with Crippen molar-refractivity contribution in [2.45, 2.75) is 37.9 Å². The molecule has 0 bridgehead atoms. The second-order valence-corrected chi connectivity index (χ2v) is 7.99. The molecule has 120 valence electrons. The standard InChI is InChI=1S/C14H20F3NO2S/c1-13(2,3)12(18-4)9-21(19,20)11-8-6-5-7-10(11)14(15,16)17/h5-8,12,18H,9H2,1-4H3. The van der Waals surface area contributed by atoms with E-state index in [1.807, 2.05) is 20.8 Å². The number of sulfone groups is 1. The van der Waals surface area contributed by atoms with Crippen LogP contribution in [0.2, 0.25) is 0 Å². The zero-order valence-corrected chi connectivity index (χ0v) is 13.3. The Morgan fingerprint density at radius 2 is 1.67 bits per heavy atom. The molecular weight excluding hydrogens is 303 g/mol. The summed E-state index contributed by atoms with van der Waals surface area (Å²) in [4.78, 5) is -0.665. The topological polar surface area (TPSA) is 46.2 Å². The average Bonchev–Trinajstić information content (AvgIpc) is 2.33. The Morgan fingerprint density at radius 3 is 2.10 bits per heavy atom. The largest absolute Gasteiger partial charge is 0.417 e. The van der Waals surface area contributed by atoms with E-state index in [1.165, 1.54) is 12.1 Å². The van der Waals surface area contributed by atoms with Gasteiger partial charge in [0.25, 0.3) is 0 Å². The molecule has 0 aromatic heterocycles. The number of halogens is 3. The quantitative estimate of drug-likeness (QED) is 0.926. The molecule has 0 fully saturated rings. The van der Waals surface area contributed by atoms with Crippen LogP contribution in [0.3, 0.4) is 0 Å². The summed E-state index contributed by atoms with van der Waals surface area (Å²) in [5, 5.41) is 2.87. The van der Waals surface area contributed by atoms with E-state index in [-0.39, 0.29) is 5.75 Å². The molecule has 0 heterocycles. The van der Waals surface area contributed by atoms with Crippen LogP contribution in [0.15, 0.2) is 29.2 Å². The predicted octanol–water partition coefficient (Wildman–Crippen LogP) is 3.11. The maximum absolute atomic E-state index is 13.0. The van der Waals surface area contributed by atoms with E-state index in [1.54, 1.807) is 7.05 Å². The molecule has 0 spiro atoms. The third-order valence-corrected chi connectivity index (χ3v) is 5.11. The van der Waals surface area contributed by atoms with E-state index in [0.717, 1.165) is 12.1 Å². The Labute approximate surface area is 123 Å². The molecule has 0 amide bonds. The summed E-state index contributed by atoms with van der Waals surface area (Å²) in [7, 11) is -2.45. The molecule has 21 heavy (non-hydrogen) atoms. The van der Waals surface area contributed by atoms with Gasteiger partial charge in [-0.3, -0.25) is 0 Å². The van der Waals surface area contributed by atoms with Gasteiger partial charge < -0.3 is 5.32 Å². The van der Waals surface area contributed by atoms with Crippen LogP contribution in [-0.4, -0.2) is 27.3 Å². The van der Waals surface area contributed by atoms with Gasteiger partial charge in [-0.15, -0.1) is 0 Å². The highest BCUT2D eigenvalue weighted by molar-refractivity contribution is 7.91. The summed E-state index contributed by atoms with van der Waals surface area (Å²) in [5.74, 6) is -0.389. The lowest BCUT2D eigenvalue weighted by Gasteiger charge is -2.30. The molecule has 0 aliphatic carbocycles. The Bertz CT molecular complexity index is 589. The molecule has 1 atom stereocenters. The smallest absolute Gasteiger partial charge is 0.315 e. The van der Waals surface area contributed by atoms with Crippen molar-refractivity contribution >= 4 is 9.84 Å². The summed E-state index contributed by atoms with van der Waals surface area (Å²) < 4.78 is 63.6. The van der Waals surface area contributed by atoms with Gasteiger partial charge in [0, 0.05) is 6.04 Å². The van der Waals surface area contributed by atoms with Crippen LogP contribution < -0.4 is 5.32 Å². The molecule has 3 nitrogen and oxygen atoms in total. The van der Waals surface area contributed by atoms with E-state index in [2.05, 4.69) is 5.32 Å². The van der Waals surface area contributed by atoms with Crippen molar-refractivity contribution in [1.29, 1.82) is 0 Å². The van der Waals surface area contributed by atoms with Gasteiger partial charge in [-0.05, 0) is 24.6 Å². The van der Waals surface area contributed by atoms with Crippen LogP contribution in [-0.2, 0) is 16.0 Å². The molecule has 7 heteroatoms. The van der Waals surface area contributed by atoms with E-state index in [0.29, 0.717) is 0 Å². The van der Waals surface area contributed by atoms with Gasteiger partial charge >= 0.3 is 6.18 Å². The zero-order chi connectivity index (χ0) is 16.5. The minimum Gasteiger partial charge on any atom is -0.315 e. The molecule has 0 saturated heterocycles. The number of rotatable bonds is 4. The first kappa shape index (κ1) is 18.0. The van der Waals surface area contributed by atoms with Crippen molar-refractivity contribution in [1.82, 2.24) is 5.32 Å². The van der Waals surface area contributed by atoms with Crippen LogP contribution in [0, 0.1) is 5.41 Å². The highest BCUT2D eigenvalue weighted by Crippen LogP contribution is 2.35. The lowest BCUT2D eigenvalue weighted by Crippen LogP contribution is -2.43. The Kier molecular flexibility index (Phi) is 5.10. The number of benzene rings is 1. The monoisotopic (exact) mass is 323 g/mol. The van der Waals surface area contributed by atoms with Crippen molar-refractivity contribution in [3.05, 3.63) is 29.8 Å². The number of alkyl halides is 3. The predicted molar refractivity (Wildman–Crippen MR) is 75.8 cm³/mol. The first-order chi connectivity index (χ1) is 9.39. The summed E-state index contributed by atoms with van der Waals surface area (Å²) in [6, 6.07) is 3.82. The van der Waals surface area contributed by atoms with Crippen LogP contribution in [0.1, 0.15) is 26.3 Å². The van der Waals surface area contributed by atoms with E-state index < -0.39 is 37.9 Å². The van der Waals surface area contributed by atoms with Gasteiger partial charge in [0.15, 0.2) is 9.84 Å². The summed E-state index contributed by atoms with van der Waals surface area (Å²) >= 11 is 0. The fourth-order valence-corrected chi connectivity index (χ4v) is 4.14. The third-order valence-electron chi connectivity index (χ3n) is 3.31. The normalized spacial score (nSPS) is 15.0. The average molecular weight is 323 g/mol. The maximum atomic E-state index is 13.0. The minimum absolute atomic E-state index is 0.389. The SMILES string of the molecule is CNC(CS(=O)(=O)c1ccccc1C(F)(F)F)C(C)(C)C. The van der Waals surface area contributed by atoms with Gasteiger partial charge in [0.2, 0.25) is 0 Å². The van der Waals surface area contributed by atoms with Crippen molar-refractivity contribution in [2.75, 3.05) is 12.8 Å². The number of hydrogen-bond donors (Lipinski definition) is 1. The van der Waals surface area contributed by atoms with Gasteiger partial charge in [-0.2, -0.15) is 13.2 Å². The lowest BCUT2D eigenvalue weighted by molar-refractivity contribution is -0.139. The second kappa shape index (κ2) is 5.96. The van der Waals surface area contributed by atoms with Crippen molar-refractivity contribution in [3.63, 3.8) is 0 Å². The zero-order valence-electron chi connectivity index (χ0n) is 12.5. The van der Waals surface area contributed by atoms with Gasteiger partial charge in [0.05, 0.1) is 16.2 Å². The summed E-state index contributed by atoms with van der Waals surface area (Å²) in [5.41, 5.74) is -1.51. The van der Waals surface area contributed by atoms with Crippen LogP contribution in [0.25, 0.3) is 0 Å². The minimum atomic E-state index is -4.69. The second-order valence-electron chi connectivity index (χ2n) is 5.98. The van der Waals surface area contributed by atoms with Crippen LogP contribution in [0.4, 0.5) is 13.2 Å². The van der Waals surface area contributed by atoms with Crippen molar-refractivity contribution in [3.8, 4) is 0 Å². The van der Waals surface area contributed by atoms with Crippen molar-refractivity contribution in [2.24, 2.45) is 5.41 Å². The molecule has 1 aromatic rings. The number of nitrogens with one attached hydrogen (secondary N) is 1. The molecule has 1 N–H and O–H groups in total. The van der Waals surface area contributed by atoms with Gasteiger partial charge in [-0.1, -0.05) is 32.9 Å². The van der Waals surface area contributed by atoms with Gasteiger partial charge in [0.1, 0.15) is 0 Å². The van der Waals surface area contributed by atoms with E-state index in [9.17, 15) is 21.6 Å². The molecule has 1 rings (SSSR count). The molecule has 0 radical (unpaired) electrons. The molecular formula is C14H20F3NO2S. The highest BCUT2D eigenvalue weighted by atomic mass is 32.2. The van der Waals surface area contributed by atoms with Crippen molar-refractivity contribution < 1.29 is 21.6 Å². The molecule has 0 aliphatic heterocycles. The molecule has 1 aromatic carbocycles. The Hall–Kier alpha value is -1.08. The first-order valence-corrected chi connectivity index (χ1v) is 8.11. The van der Waals surface area contributed by atoms with Gasteiger partial charge in [-0.25, -0.2) is 8.42 Å². The molecule has 1 unspecified atom stereocenters. The fourth-order valence-electron chi connectivity index (χ4n) is 2.05. The molecule has 0 saturated carbocycles. The molecule has 0 aliphatic rings. The maximum Gasteiger partial charge on any atom is 0.417 e.